The molecule has 0 aliphatic rings. The molecule has 1 N–H and O–H groups in total. The van der Waals surface area contributed by atoms with Crippen LogP contribution < -0.4 is 15.1 Å². The quantitative estimate of drug-likeness (QED) is 0.506. The van der Waals surface area contributed by atoms with Crippen molar-refractivity contribution < 1.29 is 4.92 Å². The molecule has 0 aliphatic carbocycles. The zero-order valence-electron chi connectivity index (χ0n) is 16.2. The van der Waals surface area contributed by atoms with Gasteiger partial charge in [-0.3, -0.25) is 10.1 Å². The highest BCUT2D eigenvalue weighted by Crippen LogP contribution is 2.33. The van der Waals surface area contributed by atoms with Crippen LogP contribution in [0.15, 0.2) is 54.6 Å². The van der Waals surface area contributed by atoms with Crippen LogP contribution in [0.3, 0.4) is 0 Å². The molecular formula is C20H22N6O2. The summed E-state index contributed by atoms with van der Waals surface area (Å²) in [5, 5.41) is 14.8. The van der Waals surface area contributed by atoms with Gasteiger partial charge >= 0.3 is 5.69 Å². The van der Waals surface area contributed by atoms with Gasteiger partial charge in [0.05, 0.1) is 4.92 Å². The molecule has 0 atom stereocenters. The molecule has 2 aromatic carbocycles. The summed E-state index contributed by atoms with van der Waals surface area (Å²) in [6.07, 6.45) is 0. The van der Waals surface area contributed by atoms with E-state index < -0.39 is 4.92 Å². The number of hydrogen-bond donors (Lipinski definition) is 1. The van der Waals surface area contributed by atoms with Gasteiger partial charge in [-0.2, -0.15) is 4.98 Å². The summed E-state index contributed by atoms with van der Waals surface area (Å²) in [6, 6.07) is 17.1. The smallest absolute Gasteiger partial charge is 0.333 e. The molecule has 0 bridgehead atoms. The molecule has 0 amide bonds. The molecule has 8 nitrogen and oxygen atoms in total. The van der Waals surface area contributed by atoms with E-state index in [1.54, 1.807) is 18.9 Å². The van der Waals surface area contributed by atoms with Gasteiger partial charge < -0.3 is 15.1 Å². The third-order valence-corrected chi connectivity index (χ3v) is 4.32. The average molecular weight is 378 g/mol. The van der Waals surface area contributed by atoms with Gasteiger partial charge in [0.1, 0.15) is 5.69 Å². The van der Waals surface area contributed by atoms with Crippen LogP contribution in [0.5, 0.6) is 0 Å². The summed E-state index contributed by atoms with van der Waals surface area (Å²) in [7, 11) is 5.69. The Morgan fingerprint density at radius 2 is 1.57 bits per heavy atom. The standard InChI is InChI=1S/C20H22N6O2/c1-14-18(26(27)28)19(25(4)17-8-6-5-7-9-17)23-20(21-14)22-15-10-12-16(13-11-15)24(2)3/h5-13H,1-4H3,(H,21,22,23). The summed E-state index contributed by atoms with van der Waals surface area (Å²) in [4.78, 5) is 23.6. The first-order valence-electron chi connectivity index (χ1n) is 8.73. The fourth-order valence-electron chi connectivity index (χ4n) is 2.80. The molecule has 0 saturated carbocycles. The Labute approximate surface area is 163 Å². The van der Waals surface area contributed by atoms with Crippen LogP contribution in [0.2, 0.25) is 0 Å². The molecule has 8 heteroatoms. The van der Waals surface area contributed by atoms with Gasteiger partial charge in [-0.05, 0) is 43.3 Å². The molecule has 0 radical (unpaired) electrons. The van der Waals surface area contributed by atoms with Crippen molar-refractivity contribution in [2.75, 3.05) is 36.3 Å². The fourth-order valence-corrected chi connectivity index (χ4v) is 2.80. The van der Waals surface area contributed by atoms with E-state index in [4.69, 9.17) is 0 Å². The van der Waals surface area contributed by atoms with E-state index in [-0.39, 0.29) is 11.5 Å². The first-order chi connectivity index (χ1) is 13.4. The van der Waals surface area contributed by atoms with E-state index in [2.05, 4.69) is 15.3 Å². The minimum atomic E-state index is -0.445. The summed E-state index contributed by atoms with van der Waals surface area (Å²) in [6.45, 7) is 1.61. The fraction of sp³-hybridized carbons (Fsp3) is 0.200. The number of nitro groups is 1. The van der Waals surface area contributed by atoms with Crippen LogP contribution in [0.25, 0.3) is 0 Å². The van der Waals surface area contributed by atoms with Crippen LogP contribution in [-0.2, 0) is 0 Å². The normalized spacial score (nSPS) is 10.4. The van der Waals surface area contributed by atoms with Crippen LogP contribution in [0, 0.1) is 17.0 Å². The second kappa shape index (κ2) is 7.91. The predicted octanol–water partition coefficient (Wildman–Crippen LogP) is 4.27. The summed E-state index contributed by atoms with van der Waals surface area (Å²) >= 11 is 0. The lowest BCUT2D eigenvalue weighted by molar-refractivity contribution is -0.385. The van der Waals surface area contributed by atoms with Gasteiger partial charge in [-0.1, -0.05) is 18.2 Å². The minimum Gasteiger partial charge on any atom is -0.378 e. The first kappa shape index (κ1) is 19.1. The van der Waals surface area contributed by atoms with Crippen LogP contribution in [-0.4, -0.2) is 36.0 Å². The number of anilines is 5. The van der Waals surface area contributed by atoms with Crippen molar-refractivity contribution in [3.8, 4) is 0 Å². The Bertz CT molecular complexity index is 974. The second-order valence-electron chi connectivity index (χ2n) is 6.52. The topological polar surface area (TPSA) is 87.4 Å². The number of rotatable bonds is 6. The maximum Gasteiger partial charge on any atom is 0.333 e. The number of aromatic nitrogens is 2. The Morgan fingerprint density at radius 1 is 0.929 bits per heavy atom. The van der Waals surface area contributed by atoms with Crippen molar-refractivity contribution in [1.82, 2.24) is 9.97 Å². The number of para-hydroxylation sites is 1. The summed E-state index contributed by atoms with van der Waals surface area (Å²) in [5.41, 5.74) is 2.85. The lowest BCUT2D eigenvalue weighted by atomic mass is 10.2. The number of benzene rings is 2. The maximum atomic E-state index is 11.6. The van der Waals surface area contributed by atoms with E-state index in [1.165, 1.54) is 0 Å². The zero-order valence-corrected chi connectivity index (χ0v) is 16.2. The third-order valence-electron chi connectivity index (χ3n) is 4.32. The Kier molecular flexibility index (Phi) is 5.39. The van der Waals surface area contributed by atoms with Crippen LogP contribution in [0.1, 0.15) is 5.69 Å². The molecule has 3 aromatic rings. The van der Waals surface area contributed by atoms with Gasteiger partial charge in [0.25, 0.3) is 0 Å². The molecule has 1 aromatic heterocycles. The average Bonchev–Trinajstić information content (AvgIpc) is 2.67. The highest BCUT2D eigenvalue weighted by molar-refractivity contribution is 5.71. The van der Waals surface area contributed by atoms with Gasteiger partial charge in [-0.15, -0.1) is 0 Å². The number of hydrogen-bond acceptors (Lipinski definition) is 7. The maximum absolute atomic E-state index is 11.6. The van der Waals surface area contributed by atoms with Gasteiger partial charge in [0.15, 0.2) is 0 Å². The molecule has 0 fully saturated rings. The first-order valence-corrected chi connectivity index (χ1v) is 8.73. The number of nitrogens with zero attached hydrogens (tertiary/aromatic N) is 5. The molecule has 3 rings (SSSR count). The molecule has 0 saturated heterocycles. The van der Waals surface area contributed by atoms with E-state index in [9.17, 15) is 10.1 Å². The lowest BCUT2D eigenvalue weighted by Gasteiger charge is -2.19. The van der Waals surface area contributed by atoms with Gasteiger partial charge in [0, 0.05) is 38.2 Å². The van der Waals surface area contributed by atoms with E-state index in [0.717, 1.165) is 17.1 Å². The van der Waals surface area contributed by atoms with E-state index >= 15 is 0 Å². The lowest BCUT2D eigenvalue weighted by Crippen LogP contribution is -2.16. The van der Waals surface area contributed by atoms with Crippen LogP contribution >= 0.6 is 0 Å². The largest absolute Gasteiger partial charge is 0.378 e. The summed E-state index contributed by atoms with van der Waals surface area (Å²) in [5.74, 6) is 0.537. The van der Waals surface area contributed by atoms with Crippen molar-refractivity contribution >= 4 is 34.5 Å². The molecule has 28 heavy (non-hydrogen) atoms. The Morgan fingerprint density at radius 3 is 2.14 bits per heavy atom. The predicted molar refractivity (Wildman–Crippen MR) is 112 cm³/mol. The molecule has 1 heterocycles. The number of nitrogens with one attached hydrogen (secondary N) is 1. The van der Waals surface area contributed by atoms with Gasteiger partial charge in [-0.25, -0.2) is 4.98 Å². The van der Waals surface area contributed by atoms with Crippen molar-refractivity contribution in [3.63, 3.8) is 0 Å². The highest BCUT2D eigenvalue weighted by Gasteiger charge is 2.25. The van der Waals surface area contributed by atoms with Crippen molar-refractivity contribution in [2.45, 2.75) is 6.92 Å². The monoisotopic (exact) mass is 378 g/mol. The molecule has 0 aliphatic heterocycles. The molecule has 144 valence electrons. The van der Waals surface area contributed by atoms with Crippen molar-refractivity contribution in [1.29, 1.82) is 0 Å². The summed E-state index contributed by atoms with van der Waals surface area (Å²) < 4.78 is 0. The second-order valence-corrected chi connectivity index (χ2v) is 6.52. The third kappa shape index (κ3) is 4.01. The van der Waals surface area contributed by atoms with Crippen molar-refractivity contribution in [2.24, 2.45) is 0 Å². The molecular weight excluding hydrogens is 356 g/mol. The van der Waals surface area contributed by atoms with Crippen LogP contribution in [0.4, 0.5) is 34.5 Å². The van der Waals surface area contributed by atoms with Gasteiger partial charge in [0.2, 0.25) is 11.8 Å². The van der Waals surface area contributed by atoms with E-state index in [1.807, 2.05) is 73.6 Å². The number of aryl methyl sites for hydroxylation is 1. The highest BCUT2D eigenvalue weighted by atomic mass is 16.6. The SMILES string of the molecule is Cc1nc(Nc2ccc(N(C)C)cc2)nc(N(C)c2ccccc2)c1[N+](=O)[O-]. The Balaban J connectivity index is 1.99. The Hall–Kier alpha value is -3.68. The zero-order chi connectivity index (χ0) is 20.3. The minimum absolute atomic E-state index is 0.111. The van der Waals surface area contributed by atoms with Crippen molar-refractivity contribution in [3.05, 3.63) is 70.4 Å². The van der Waals surface area contributed by atoms with E-state index in [0.29, 0.717) is 11.6 Å². The molecule has 0 spiro atoms. The molecule has 0 unspecified atom stereocenters.